The van der Waals surface area contributed by atoms with Crippen molar-refractivity contribution in [3.63, 3.8) is 0 Å². The maximum atomic E-state index is 12.9. The molecule has 0 heterocycles. The second-order valence-corrected chi connectivity index (χ2v) is 4.77. The smallest absolute Gasteiger partial charge is 0.314 e. The maximum Gasteiger partial charge on any atom is 0.416 e. The number of likely N-dealkylation sites (N-methyl/N-ethyl adjacent to an activating group) is 1. The first-order chi connectivity index (χ1) is 8.36. The quantitative estimate of drug-likeness (QED) is 0.846. The van der Waals surface area contributed by atoms with Crippen molar-refractivity contribution >= 4 is 0 Å². The van der Waals surface area contributed by atoms with E-state index in [0.29, 0.717) is 17.9 Å². The number of halogens is 3. The van der Waals surface area contributed by atoms with Crippen molar-refractivity contribution in [3.8, 4) is 0 Å². The van der Waals surface area contributed by atoms with E-state index in [9.17, 15) is 13.2 Å². The highest BCUT2D eigenvalue weighted by molar-refractivity contribution is 5.30. The summed E-state index contributed by atoms with van der Waals surface area (Å²) in [5.74, 6) is 0.297. The molecule has 0 fully saturated rings. The molecule has 0 radical (unpaired) electrons. The fourth-order valence-corrected chi connectivity index (χ4v) is 2.02. The predicted octanol–water partition coefficient (Wildman–Crippen LogP) is 3.88. The van der Waals surface area contributed by atoms with Gasteiger partial charge in [0.05, 0.1) is 5.56 Å². The molecule has 102 valence electrons. The third-order valence-corrected chi connectivity index (χ3v) is 3.03. The lowest BCUT2D eigenvalue weighted by Gasteiger charge is -2.23. The molecule has 0 aromatic heterocycles. The molecule has 1 nitrogen and oxygen atoms in total. The Morgan fingerprint density at radius 2 is 1.78 bits per heavy atom. The first-order valence-corrected chi connectivity index (χ1v) is 6.24. The van der Waals surface area contributed by atoms with Crippen LogP contribution < -0.4 is 5.32 Å². The van der Waals surface area contributed by atoms with Crippen LogP contribution in [-0.2, 0) is 12.6 Å². The normalized spacial score (nSPS) is 13.9. The average Bonchev–Trinajstić information content (AvgIpc) is 2.27. The first kappa shape index (κ1) is 15.0. The topological polar surface area (TPSA) is 12.0 Å². The van der Waals surface area contributed by atoms with Gasteiger partial charge in [0.1, 0.15) is 0 Å². The van der Waals surface area contributed by atoms with Gasteiger partial charge in [-0.1, -0.05) is 39.0 Å². The second-order valence-electron chi connectivity index (χ2n) is 4.77. The fourth-order valence-electron chi connectivity index (χ4n) is 2.02. The lowest BCUT2D eigenvalue weighted by atomic mass is 9.93. The summed E-state index contributed by atoms with van der Waals surface area (Å²) in [7, 11) is 0. The van der Waals surface area contributed by atoms with Crippen LogP contribution in [0.2, 0.25) is 0 Å². The molecule has 0 amide bonds. The minimum Gasteiger partial charge on any atom is -0.314 e. The zero-order valence-corrected chi connectivity index (χ0v) is 11.0. The number of alkyl halides is 3. The highest BCUT2D eigenvalue weighted by atomic mass is 19.4. The summed E-state index contributed by atoms with van der Waals surface area (Å²) in [6.45, 7) is 6.76. The SMILES string of the molecule is CCNC(Cc1ccccc1C(F)(F)F)C(C)C. The molecule has 1 rings (SSSR count). The highest BCUT2D eigenvalue weighted by Crippen LogP contribution is 2.32. The molecular formula is C14H20F3N. The summed E-state index contributed by atoms with van der Waals surface area (Å²) >= 11 is 0. The Kier molecular flexibility index (Phi) is 5.20. The molecule has 18 heavy (non-hydrogen) atoms. The zero-order valence-electron chi connectivity index (χ0n) is 11.0. The number of nitrogens with one attached hydrogen (secondary N) is 1. The van der Waals surface area contributed by atoms with E-state index in [0.717, 1.165) is 12.6 Å². The Labute approximate surface area is 106 Å². The molecule has 0 saturated heterocycles. The van der Waals surface area contributed by atoms with Crippen LogP contribution in [0.1, 0.15) is 31.9 Å². The summed E-state index contributed by atoms with van der Waals surface area (Å²) < 4.78 is 38.6. The molecule has 1 aromatic carbocycles. The van der Waals surface area contributed by atoms with Gasteiger partial charge in [-0.05, 0) is 30.5 Å². The van der Waals surface area contributed by atoms with E-state index in [1.54, 1.807) is 12.1 Å². The second kappa shape index (κ2) is 6.23. The summed E-state index contributed by atoms with van der Waals surface area (Å²) in [5, 5.41) is 3.24. The van der Waals surface area contributed by atoms with E-state index in [2.05, 4.69) is 5.32 Å². The van der Waals surface area contributed by atoms with Crippen molar-refractivity contribution in [1.29, 1.82) is 0 Å². The number of hydrogen-bond donors (Lipinski definition) is 1. The van der Waals surface area contributed by atoms with Crippen LogP contribution in [0.15, 0.2) is 24.3 Å². The molecule has 0 saturated carbocycles. The van der Waals surface area contributed by atoms with E-state index in [1.807, 2.05) is 20.8 Å². The van der Waals surface area contributed by atoms with Gasteiger partial charge in [0, 0.05) is 6.04 Å². The van der Waals surface area contributed by atoms with Gasteiger partial charge in [-0.2, -0.15) is 13.2 Å². The standard InChI is InChI=1S/C14H20F3N/c1-4-18-13(10(2)3)9-11-7-5-6-8-12(11)14(15,16)17/h5-8,10,13,18H,4,9H2,1-3H3. The molecule has 0 aliphatic heterocycles. The third kappa shape index (κ3) is 4.02. The molecule has 1 N–H and O–H groups in total. The van der Waals surface area contributed by atoms with Gasteiger partial charge < -0.3 is 5.32 Å². The van der Waals surface area contributed by atoms with Crippen LogP contribution in [0.4, 0.5) is 13.2 Å². The van der Waals surface area contributed by atoms with Crippen LogP contribution >= 0.6 is 0 Å². The Bertz CT molecular complexity index is 372. The molecule has 0 spiro atoms. The van der Waals surface area contributed by atoms with Gasteiger partial charge in [-0.15, -0.1) is 0 Å². The van der Waals surface area contributed by atoms with Gasteiger partial charge in [-0.25, -0.2) is 0 Å². The van der Waals surface area contributed by atoms with E-state index < -0.39 is 11.7 Å². The summed E-state index contributed by atoms with van der Waals surface area (Å²) in [6.07, 6.45) is -3.87. The highest BCUT2D eigenvalue weighted by Gasteiger charge is 2.33. The molecule has 1 unspecified atom stereocenters. The van der Waals surface area contributed by atoms with E-state index in [1.165, 1.54) is 6.07 Å². The Hall–Kier alpha value is -1.03. The minimum absolute atomic E-state index is 0.0681. The van der Waals surface area contributed by atoms with Gasteiger partial charge in [-0.3, -0.25) is 0 Å². The van der Waals surface area contributed by atoms with Crippen molar-refractivity contribution < 1.29 is 13.2 Å². The number of benzene rings is 1. The van der Waals surface area contributed by atoms with Crippen LogP contribution in [0.25, 0.3) is 0 Å². The van der Waals surface area contributed by atoms with Crippen molar-refractivity contribution in [2.24, 2.45) is 5.92 Å². The van der Waals surface area contributed by atoms with E-state index in [-0.39, 0.29) is 6.04 Å². The molecule has 0 aliphatic carbocycles. The van der Waals surface area contributed by atoms with Crippen LogP contribution in [0.3, 0.4) is 0 Å². The monoisotopic (exact) mass is 259 g/mol. The summed E-state index contributed by atoms with van der Waals surface area (Å²) in [5.41, 5.74) is -0.154. The van der Waals surface area contributed by atoms with Gasteiger partial charge in [0.15, 0.2) is 0 Å². The zero-order chi connectivity index (χ0) is 13.8. The van der Waals surface area contributed by atoms with Crippen molar-refractivity contribution in [2.45, 2.75) is 39.4 Å². The lowest BCUT2D eigenvalue weighted by molar-refractivity contribution is -0.138. The van der Waals surface area contributed by atoms with Crippen molar-refractivity contribution in [1.82, 2.24) is 5.32 Å². The van der Waals surface area contributed by atoms with Gasteiger partial charge in [0.2, 0.25) is 0 Å². The predicted molar refractivity (Wildman–Crippen MR) is 67.5 cm³/mol. The van der Waals surface area contributed by atoms with Crippen LogP contribution in [-0.4, -0.2) is 12.6 Å². The Morgan fingerprint density at radius 1 is 1.17 bits per heavy atom. The number of rotatable bonds is 5. The van der Waals surface area contributed by atoms with Gasteiger partial charge >= 0.3 is 6.18 Å². The summed E-state index contributed by atoms with van der Waals surface area (Å²) in [6, 6.07) is 5.88. The molecule has 0 bridgehead atoms. The fraction of sp³-hybridized carbons (Fsp3) is 0.571. The average molecular weight is 259 g/mol. The van der Waals surface area contributed by atoms with Crippen LogP contribution in [0, 0.1) is 5.92 Å². The van der Waals surface area contributed by atoms with Crippen molar-refractivity contribution in [2.75, 3.05) is 6.54 Å². The van der Waals surface area contributed by atoms with E-state index in [4.69, 9.17) is 0 Å². The molecular weight excluding hydrogens is 239 g/mol. The van der Waals surface area contributed by atoms with Crippen molar-refractivity contribution in [3.05, 3.63) is 35.4 Å². The lowest BCUT2D eigenvalue weighted by Crippen LogP contribution is -2.36. The molecule has 0 aliphatic rings. The minimum atomic E-state index is -4.27. The summed E-state index contributed by atoms with van der Waals surface area (Å²) in [4.78, 5) is 0. The Morgan fingerprint density at radius 3 is 2.28 bits per heavy atom. The molecule has 1 aromatic rings. The Balaban J connectivity index is 2.96. The molecule has 1 atom stereocenters. The van der Waals surface area contributed by atoms with Gasteiger partial charge in [0.25, 0.3) is 0 Å². The third-order valence-electron chi connectivity index (χ3n) is 3.03. The van der Waals surface area contributed by atoms with E-state index >= 15 is 0 Å². The largest absolute Gasteiger partial charge is 0.416 e. The first-order valence-electron chi connectivity index (χ1n) is 6.24. The number of hydrogen-bond acceptors (Lipinski definition) is 1. The maximum absolute atomic E-state index is 12.9. The molecule has 4 heteroatoms. The van der Waals surface area contributed by atoms with Crippen LogP contribution in [0.5, 0.6) is 0 Å².